The van der Waals surface area contributed by atoms with Gasteiger partial charge in [0.05, 0.1) is 18.3 Å². The number of carbonyl (C=O) groups excluding carboxylic acids is 1. The van der Waals surface area contributed by atoms with Crippen molar-refractivity contribution in [3.8, 4) is 11.5 Å². The molecule has 2 atom stereocenters. The van der Waals surface area contributed by atoms with E-state index >= 15 is 0 Å². The van der Waals surface area contributed by atoms with Gasteiger partial charge in [0, 0.05) is 23.5 Å². The molecule has 0 saturated carbocycles. The minimum Gasteiger partial charge on any atom is -0.493 e. The zero-order chi connectivity index (χ0) is 17.8. The van der Waals surface area contributed by atoms with Gasteiger partial charge in [-0.2, -0.15) is 0 Å². The molecule has 0 bridgehead atoms. The Kier molecular flexibility index (Phi) is 5.55. The Morgan fingerprint density at radius 2 is 2.28 bits per heavy atom. The lowest BCUT2D eigenvalue weighted by atomic mass is 10.1. The maximum Gasteiger partial charge on any atom is 0.254 e. The molecule has 0 spiro atoms. The molecule has 1 fully saturated rings. The standard InChI is InChI=1S/C18H23N3O3S/c1-12-5-13(7-19)8-21(12)18(22)14-3-4-16(17(6-14)23-2)24-9-15-10-25-11-20-15/h3-4,6,10-13H,5,7-9,19H2,1-2H3. The van der Waals surface area contributed by atoms with Crippen LogP contribution >= 0.6 is 11.3 Å². The van der Waals surface area contributed by atoms with Crippen molar-refractivity contribution in [2.24, 2.45) is 11.7 Å². The second kappa shape index (κ2) is 7.84. The van der Waals surface area contributed by atoms with E-state index in [4.69, 9.17) is 15.2 Å². The van der Waals surface area contributed by atoms with Gasteiger partial charge in [-0.25, -0.2) is 4.98 Å². The number of carbonyl (C=O) groups is 1. The predicted octanol–water partition coefficient (Wildman–Crippen LogP) is 2.54. The summed E-state index contributed by atoms with van der Waals surface area (Å²) in [7, 11) is 1.57. The number of benzene rings is 1. The molecule has 2 N–H and O–H groups in total. The molecule has 2 aromatic rings. The fourth-order valence-corrected chi connectivity index (χ4v) is 3.69. The summed E-state index contributed by atoms with van der Waals surface area (Å²) in [5.41, 5.74) is 8.99. The van der Waals surface area contributed by atoms with E-state index in [9.17, 15) is 4.79 Å². The highest BCUT2D eigenvalue weighted by Crippen LogP contribution is 2.31. The van der Waals surface area contributed by atoms with Crippen molar-refractivity contribution in [2.75, 3.05) is 20.2 Å². The molecule has 1 amide bonds. The van der Waals surface area contributed by atoms with Gasteiger partial charge in [-0.15, -0.1) is 11.3 Å². The van der Waals surface area contributed by atoms with Crippen LogP contribution in [0.2, 0.25) is 0 Å². The van der Waals surface area contributed by atoms with Gasteiger partial charge in [0.15, 0.2) is 11.5 Å². The van der Waals surface area contributed by atoms with Gasteiger partial charge < -0.3 is 20.1 Å². The highest BCUT2D eigenvalue weighted by molar-refractivity contribution is 7.07. The van der Waals surface area contributed by atoms with Crippen molar-refractivity contribution < 1.29 is 14.3 Å². The number of nitrogens with two attached hydrogens (primary N) is 1. The molecule has 1 aromatic heterocycles. The van der Waals surface area contributed by atoms with Gasteiger partial charge in [0.25, 0.3) is 5.91 Å². The number of thiazole rings is 1. The normalized spacial score (nSPS) is 19.9. The average molecular weight is 361 g/mol. The number of rotatable bonds is 6. The topological polar surface area (TPSA) is 77.7 Å². The Bertz CT molecular complexity index is 720. The summed E-state index contributed by atoms with van der Waals surface area (Å²) in [6.45, 7) is 3.76. The minimum atomic E-state index is 0.00722. The number of hydrogen-bond acceptors (Lipinski definition) is 6. The lowest BCUT2D eigenvalue weighted by Gasteiger charge is -2.22. The molecule has 0 radical (unpaired) electrons. The Hall–Kier alpha value is -2.12. The van der Waals surface area contributed by atoms with Crippen molar-refractivity contribution in [3.05, 3.63) is 40.3 Å². The van der Waals surface area contributed by atoms with Crippen LogP contribution in [0, 0.1) is 5.92 Å². The highest BCUT2D eigenvalue weighted by atomic mass is 32.1. The molecular formula is C18H23N3O3S. The summed E-state index contributed by atoms with van der Waals surface area (Å²) in [5, 5.41) is 1.94. The molecule has 3 rings (SSSR count). The first-order chi connectivity index (χ1) is 12.1. The van der Waals surface area contributed by atoms with E-state index < -0.39 is 0 Å². The Labute approximate surface area is 151 Å². The lowest BCUT2D eigenvalue weighted by Crippen LogP contribution is -2.34. The summed E-state index contributed by atoms with van der Waals surface area (Å²) >= 11 is 1.53. The number of hydrogen-bond donors (Lipinski definition) is 1. The lowest BCUT2D eigenvalue weighted by molar-refractivity contribution is 0.0743. The Morgan fingerprint density at radius 1 is 1.44 bits per heavy atom. The molecule has 2 unspecified atom stereocenters. The van der Waals surface area contributed by atoms with E-state index in [0.717, 1.165) is 12.1 Å². The molecule has 1 aliphatic heterocycles. The zero-order valence-electron chi connectivity index (χ0n) is 14.5. The summed E-state index contributed by atoms with van der Waals surface area (Å²) in [4.78, 5) is 18.9. The third-order valence-corrected chi connectivity index (χ3v) is 5.16. The first-order valence-electron chi connectivity index (χ1n) is 8.31. The summed E-state index contributed by atoms with van der Waals surface area (Å²) < 4.78 is 11.2. The summed E-state index contributed by atoms with van der Waals surface area (Å²) in [5.74, 6) is 1.53. The molecule has 1 aliphatic rings. The number of nitrogens with zero attached hydrogens (tertiary/aromatic N) is 2. The zero-order valence-corrected chi connectivity index (χ0v) is 15.3. The van der Waals surface area contributed by atoms with E-state index in [2.05, 4.69) is 11.9 Å². The van der Waals surface area contributed by atoms with Crippen molar-refractivity contribution >= 4 is 17.2 Å². The van der Waals surface area contributed by atoms with E-state index in [0.29, 0.717) is 42.7 Å². The first kappa shape index (κ1) is 17.7. The van der Waals surface area contributed by atoms with Gasteiger partial charge in [-0.1, -0.05) is 0 Å². The fraction of sp³-hybridized carbons (Fsp3) is 0.444. The smallest absolute Gasteiger partial charge is 0.254 e. The predicted molar refractivity (Wildman–Crippen MR) is 97.1 cm³/mol. The third kappa shape index (κ3) is 3.93. The third-order valence-electron chi connectivity index (χ3n) is 4.53. The molecule has 7 heteroatoms. The maximum absolute atomic E-state index is 12.8. The molecule has 6 nitrogen and oxygen atoms in total. The fourth-order valence-electron chi connectivity index (χ4n) is 3.14. The molecular weight excluding hydrogens is 338 g/mol. The maximum atomic E-state index is 12.8. The monoisotopic (exact) mass is 361 g/mol. The van der Waals surface area contributed by atoms with Crippen LogP contribution < -0.4 is 15.2 Å². The first-order valence-corrected chi connectivity index (χ1v) is 9.25. The number of methoxy groups -OCH3 is 1. The van der Waals surface area contributed by atoms with Gasteiger partial charge in [0.2, 0.25) is 0 Å². The van der Waals surface area contributed by atoms with Crippen LogP contribution in [0.25, 0.3) is 0 Å². The van der Waals surface area contributed by atoms with Crippen LogP contribution in [0.15, 0.2) is 29.1 Å². The number of likely N-dealkylation sites (tertiary alicyclic amines) is 1. The Morgan fingerprint density at radius 3 is 2.92 bits per heavy atom. The van der Waals surface area contributed by atoms with Crippen LogP contribution in [0.3, 0.4) is 0 Å². The van der Waals surface area contributed by atoms with Crippen molar-refractivity contribution in [1.82, 2.24) is 9.88 Å². The van der Waals surface area contributed by atoms with Crippen LogP contribution in [-0.4, -0.2) is 42.0 Å². The number of amides is 1. The molecule has 2 heterocycles. The average Bonchev–Trinajstić information content (AvgIpc) is 3.28. The summed E-state index contributed by atoms with van der Waals surface area (Å²) in [6, 6.07) is 5.50. The number of aromatic nitrogens is 1. The van der Waals surface area contributed by atoms with Crippen LogP contribution in [0.1, 0.15) is 29.4 Å². The van der Waals surface area contributed by atoms with E-state index in [-0.39, 0.29) is 11.9 Å². The highest BCUT2D eigenvalue weighted by Gasteiger charge is 2.32. The molecule has 1 saturated heterocycles. The molecule has 134 valence electrons. The molecule has 0 aliphatic carbocycles. The van der Waals surface area contributed by atoms with E-state index in [1.54, 1.807) is 30.8 Å². The van der Waals surface area contributed by atoms with Gasteiger partial charge in [0.1, 0.15) is 6.61 Å². The summed E-state index contributed by atoms with van der Waals surface area (Å²) in [6.07, 6.45) is 0.953. The van der Waals surface area contributed by atoms with Crippen LogP contribution in [-0.2, 0) is 6.61 Å². The van der Waals surface area contributed by atoms with E-state index in [1.165, 1.54) is 11.3 Å². The SMILES string of the molecule is COc1cc(C(=O)N2CC(CN)CC2C)ccc1OCc1cscn1. The van der Waals surface area contributed by atoms with Gasteiger partial charge in [-0.3, -0.25) is 4.79 Å². The largest absolute Gasteiger partial charge is 0.493 e. The second-order valence-electron chi connectivity index (χ2n) is 6.28. The van der Waals surface area contributed by atoms with Crippen molar-refractivity contribution in [3.63, 3.8) is 0 Å². The van der Waals surface area contributed by atoms with E-state index in [1.807, 2.05) is 10.3 Å². The van der Waals surface area contributed by atoms with Crippen molar-refractivity contribution in [2.45, 2.75) is 26.0 Å². The van der Waals surface area contributed by atoms with Gasteiger partial charge in [-0.05, 0) is 44.0 Å². The van der Waals surface area contributed by atoms with Crippen LogP contribution in [0.4, 0.5) is 0 Å². The minimum absolute atomic E-state index is 0.00722. The Balaban J connectivity index is 1.73. The quantitative estimate of drug-likeness (QED) is 0.855. The second-order valence-corrected chi connectivity index (χ2v) is 7.00. The molecule has 25 heavy (non-hydrogen) atoms. The van der Waals surface area contributed by atoms with Crippen molar-refractivity contribution in [1.29, 1.82) is 0 Å². The molecule has 1 aromatic carbocycles. The van der Waals surface area contributed by atoms with Crippen LogP contribution in [0.5, 0.6) is 11.5 Å². The van der Waals surface area contributed by atoms with Gasteiger partial charge >= 0.3 is 0 Å². The number of ether oxygens (including phenoxy) is 2.